The topological polar surface area (TPSA) is 146 Å². The van der Waals surface area contributed by atoms with Crippen molar-refractivity contribution in [2.75, 3.05) is 41.4 Å². The molecule has 9 atom stereocenters. The number of aliphatic carboxylic acids is 1. The molecule has 12 heteroatoms. The number of hydrogen-bond acceptors (Lipinski definition) is 8. The lowest BCUT2D eigenvalue weighted by Crippen LogP contribution is -2.60. The maximum Gasteiger partial charge on any atom is 0.307 e. The predicted octanol–water partition coefficient (Wildman–Crippen LogP) is 8.44. The Morgan fingerprint density at radius 1 is 0.825 bits per heavy atom. The van der Waals surface area contributed by atoms with Gasteiger partial charge in [-0.2, -0.15) is 0 Å². The number of carboxylic acids is 1. The van der Waals surface area contributed by atoms with Gasteiger partial charge in [0.15, 0.2) is 0 Å². The van der Waals surface area contributed by atoms with Gasteiger partial charge in [0, 0.05) is 40.2 Å². The highest BCUT2D eigenvalue weighted by atomic mass is 16.5. The van der Waals surface area contributed by atoms with Crippen molar-refractivity contribution in [2.45, 2.75) is 188 Å². The number of benzene rings is 1. The molecule has 0 radical (unpaired) electrons. The van der Waals surface area contributed by atoms with Gasteiger partial charge in [-0.05, 0) is 62.6 Å². The predicted molar refractivity (Wildman–Crippen MR) is 252 cm³/mol. The monoisotopic (exact) mass is 885 g/mol. The molecule has 0 saturated carbocycles. The first kappa shape index (κ1) is 55.8. The van der Waals surface area contributed by atoms with Gasteiger partial charge in [-0.3, -0.25) is 28.9 Å². The number of Topliss-reactive ketones (excluding diaryl/α,β-unsaturated/α-hetero) is 1. The molecule has 1 fully saturated rings. The number of nitrogens with zero attached hydrogens (tertiary/aromatic N) is 3. The summed E-state index contributed by atoms with van der Waals surface area (Å²) in [7, 11) is 6.86. The number of carbonyl (C=O) groups is 5. The van der Waals surface area contributed by atoms with Crippen LogP contribution in [0.5, 0.6) is 0 Å². The van der Waals surface area contributed by atoms with Gasteiger partial charge >= 0.3 is 5.97 Å². The van der Waals surface area contributed by atoms with E-state index in [2.05, 4.69) is 44.8 Å². The number of methoxy groups -OCH3 is 2. The second kappa shape index (κ2) is 29.2. The van der Waals surface area contributed by atoms with Gasteiger partial charge in [-0.15, -0.1) is 0 Å². The average Bonchev–Trinajstić information content (AvgIpc) is 3.74. The fourth-order valence-corrected chi connectivity index (χ4v) is 9.71. The molecule has 1 saturated heterocycles. The molecule has 2 N–H and O–H groups in total. The van der Waals surface area contributed by atoms with Gasteiger partial charge < -0.3 is 29.7 Å². The zero-order valence-electron chi connectivity index (χ0n) is 41.4. The van der Waals surface area contributed by atoms with E-state index in [9.17, 15) is 29.1 Å². The molecule has 1 aromatic rings. The van der Waals surface area contributed by atoms with Gasteiger partial charge in [0.25, 0.3) is 0 Å². The van der Waals surface area contributed by atoms with Gasteiger partial charge in [-0.25, -0.2) is 0 Å². The van der Waals surface area contributed by atoms with Crippen molar-refractivity contribution in [1.29, 1.82) is 0 Å². The van der Waals surface area contributed by atoms with Crippen LogP contribution in [0.25, 0.3) is 0 Å². The standard InChI is InChI=1S/C51H88N4O8/c1-13-15-16-17-18-19-20-21-25-30-53(9)46(36(5)6)49(58)52-45(35(3)4)50(59)54(10)47(37(7)14-2)43(62-11)34-44(57)55-31-26-29-41(55)48(63-12)38(8)42(56)33-40(51(60)61)32-39-27-23-22-24-28-39/h22-24,27-28,35-38,40-41,43,45-48H,13-21,25-26,29-34H2,1-12H3,(H,52,58)(H,60,61)/t37-,38-,40+,41-,43+,45-,46-,47-,48+/m0/s1. The number of likely N-dealkylation sites (tertiary alicyclic amines) is 1. The Kier molecular flexibility index (Phi) is 25.9. The quantitative estimate of drug-likeness (QED) is 0.0681. The smallest absolute Gasteiger partial charge is 0.307 e. The molecule has 12 nitrogen and oxygen atoms in total. The number of ketones is 1. The first-order chi connectivity index (χ1) is 29.9. The summed E-state index contributed by atoms with van der Waals surface area (Å²) < 4.78 is 12.0. The van der Waals surface area contributed by atoms with Crippen LogP contribution in [-0.4, -0.2) is 127 Å². The van der Waals surface area contributed by atoms with Crippen LogP contribution in [0.15, 0.2) is 30.3 Å². The Hall–Kier alpha value is -3.35. The van der Waals surface area contributed by atoms with Gasteiger partial charge in [0.1, 0.15) is 11.8 Å². The van der Waals surface area contributed by atoms with E-state index in [1.165, 1.54) is 52.1 Å². The minimum absolute atomic E-state index is 0.00827. The van der Waals surface area contributed by atoms with Crippen LogP contribution in [0, 0.1) is 29.6 Å². The summed E-state index contributed by atoms with van der Waals surface area (Å²) in [5.41, 5.74) is 0.851. The second-order valence-electron chi connectivity index (χ2n) is 19.2. The van der Waals surface area contributed by atoms with Gasteiger partial charge in [-0.1, -0.05) is 144 Å². The molecule has 1 heterocycles. The van der Waals surface area contributed by atoms with Gasteiger partial charge in [0.05, 0.1) is 42.7 Å². The minimum atomic E-state index is -1.02. The highest BCUT2D eigenvalue weighted by molar-refractivity contribution is 5.90. The van der Waals surface area contributed by atoms with E-state index in [-0.39, 0.29) is 72.6 Å². The zero-order valence-corrected chi connectivity index (χ0v) is 41.4. The number of hydrogen-bond donors (Lipinski definition) is 2. The normalized spacial score (nSPS) is 18.1. The molecule has 1 aromatic carbocycles. The summed E-state index contributed by atoms with van der Waals surface area (Å²) in [6, 6.07) is 7.28. The van der Waals surface area contributed by atoms with Crippen molar-refractivity contribution >= 4 is 29.5 Å². The van der Waals surface area contributed by atoms with E-state index < -0.39 is 42.1 Å². The lowest BCUT2D eigenvalue weighted by Gasteiger charge is -2.41. The Morgan fingerprint density at radius 2 is 1.43 bits per heavy atom. The third kappa shape index (κ3) is 17.5. The van der Waals surface area contributed by atoms with Crippen molar-refractivity contribution in [3.8, 4) is 0 Å². The molecule has 0 aromatic heterocycles. The summed E-state index contributed by atoms with van der Waals surface area (Å²) in [5, 5.41) is 13.2. The highest BCUT2D eigenvalue weighted by Gasteiger charge is 2.43. The van der Waals surface area contributed by atoms with E-state index in [0.717, 1.165) is 37.8 Å². The van der Waals surface area contributed by atoms with Crippen molar-refractivity contribution in [3.05, 3.63) is 35.9 Å². The van der Waals surface area contributed by atoms with Crippen LogP contribution in [-0.2, 0) is 39.9 Å². The maximum atomic E-state index is 14.6. The number of nitrogens with one attached hydrogen (secondary N) is 1. The van der Waals surface area contributed by atoms with Crippen molar-refractivity contribution < 1.29 is 38.6 Å². The molecule has 1 aliphatic rings. The van der Waals surface area contributed by atoms with E-state index in [1.807, 2.05) is 51.2 Å². The van der Waals surface area contributed by atoms with E-state index in [1.54, 1.807) is 30.9 Å². The van der Waals surface area contributed by atoms with E-state index in [0.29, 0.717) is 13.0 Å². The molecule has 0 unspecified atom stereocenters. The SMILES string of the molecule is CCCCCCCCCCCN(C)[C@H](C(=O)N[C@H](C(=O)N(C)[C@@H]([C@@H](C)CC)[C@@H](CC(=O)N1CCC[C@H]1[C@H](OC)[C@@H](C)C(=O)C[C@@H](Cc1ccccc1)C(=O)O)OC)C(C)C)C(C)C. The molecule has 0 spiro atoms. The largest absolute Gasteiger partial charge is 0.481 e. The van der Waals surface area contributed by atoms with Crippen molar-refractivity contribution in [2.24, 2.45) is 29.6 Å². The first-order valence-electron chi connectivity index (χ1n) is 24.4. The molecule has 0 aliphatic carbocycles. The zero-order chi connectivity index (χ0) is 47.2. The van der Waals surface area contributed by atoms with Crippen molar-refractivity contribution in [3.63, 3.8) is 0 Å². The summed E-state index contributed by atoms with van der Waals surface area (Å²) in [4.78, 5) is 74.5. The van der Waals surface area contributed by atoms with Crippen LogP contribution < -0.4 is 5.32 Å². The Labute approximate surface area is 382 Å². The molecule has 2 rings (SSSR count). The summed E-state index contributed by atoms with van der Waals surface area (Å²) in [5.74, 6) is -3.48. The Morgan fingerprint density at radius 3 is 1.95 bits per heavy atom. The third-order valence-electron chi connectivity index (χ3n) is 13.7. The number of carbonyl (C=O) groups excluding carboxylic acids is 4. The average molecular weight is 885 g/mol. The van der Waals surface area contributed by atoms with Gasteiger partial charge in [0.2, 0.25) is 17.7 Å². The molecule has 3 amide bonds. The molecular weight excluding hydrogens is 797 g/mol. The minimum Gasteiger partial charge on any atom is -0.481 e. The Balaban J connectivity index is 2.18. The summed E-state index contributed by atoms with van der Waals surface area (Å²) in [6.45, 7) is 17.4. The van der Waals surface area contributed by atoms with E-state index in [4.69, 9.17) is 9.47 Å². The van der Waals surface area contributed by atoms with Crippen LogP contribution in [0.2, 0.25) is 0 Å². The maximum absolute atomic E-state index is 14.6. The number of unbranched alkanes of at least 4 members (excludes halogenated alkanes) is 8. The van der Waals surface area contributed by atoms with Crippen LogP contribution in [0.1, 0.15) is 151 Å². The summed E-state index contributed by atoms with van der Waals surface area (Å²) in [6.07, 6.45) is 12.1. The highest BCUT2D eigenvalue weighted by Crippen LogP contribution is 2.31. The fourth-order valence-electron chi connectivity index (χ4n) is 9.71. The lowest BCUT2D eigenvalue weighted by atomic mass is 9.85. The second-order valence-corrected chi connectivity index (χ2v) is 19.2. The number of likely N-dealkylation sites (N-methyl/N-ethyl adjacent to an activating group) is 2. The van der Waals surface area contributed by atoms with E-state index >= 15 is 0 Å². The Bertz CT molecular complexity index is 1510. The molecule has 63 heavy (non-hydrogen) atoms. The first-order valence-corrected chi connectivity index (χ1v) is 24.4. The number of carboxylic acid groups (broad SMARTS) is 1. The summed E-state index contributed by atoms with van der Waals surface area (Å²) >= 11 is 0. The fraction of sp³-hybridized carbons (Fsp3) is 0.784. The number of ether oxygens (including phenoxy) is 2. The molecular formula is C51H88N4O8. The molecule has 360 valence electrons. The van der Waals surface area contributed by atoms with Crippen LogP contribution in [0.3, 0.4) is 0 Å². The third-order valence-corrected chi connectivity index (χ3v) is 13.7. The number of amides is 3. The molecule has 1 aliphatic heterocycles. The van der Waals surface area contributed by atoms with Crippen molar-refractivity contribution in [1.82, 2.24) is 20.0 Å². The van der Waals surface area contributed by atoms with Crippen LogP contribution >= 0.6 is 0 Å². The lowest BCUT2D eigenvalue weighted by molar-refractivity contribution is -0.148. The number of rotatable bonds is 32. The molecule has 0 bridgehead atoms. The van der Waals surface area contributed by atoms with Crippen LogP contribution in [0.4, 0.5) is 0 Å².